The number of carbonyl (C=O) groups is 2. The first-order valence-electron chi connectivity index (χ1n) is 22.0. The zero-order chi connectivity index (χ0) is 41.4. The minimum Gasteiger partial charge on any atom is -0.504 e. The first-order chi connectivity index (χ1) is 27.0. The maximum absolute atomic E-state index is 11.9. The third kappa shape index (κ3) is 22.7. The van der Waals surface area contributed by atoms with Gasteiger partial charge in [-0.25, -0.2) is 9.59 Å². The Labute approximate surface area is 337 Å². The number of phenols is 6. The van der Waals surface area contributed by atoms with Crippen molar-refractivity contribution in [1.82, 2.24) is 0 Å². The number of esters is 1. The number of hydrogen-bond acceptors (Lipinski definition) is 9. The fraction of sp³-hybridized carbons (Fsp3) is 0.696. The summed E-state index contributed by atoms with van der Waals surface area (Å²) in [4.78, 5) is 23.1. The van der Waals surface area contributed by atoms with Gasteiger partial charge in [0.25, 0.3) is 0 Å². The summed E-state index contributed by atoms with van der Waals surface area (Å²) < 4.78 is 5.14. The van der Waals surface area contributed by atoms with E-state index in [9.17, 15) is 45.3 Å². The molecule has 0 amide bonds. The third-order valence-electron chi connectivity index (χ3n) is 10.4. The minimum absolute atomic E-state index is 0.0261. The molecule has 0 radical (unpaired) electrons. The van der Waals surface area contributed by atoms with E-state index in [0.29, 0.717) is 13.0 Å². The molecule has 0 aliphatic rings. The van der Waals surface area contributed by atoms with Crippen molar-refractivity contribution >= 4 is 11.9 Å². The van der Waals surface area contributed by atoms with Crippen molar-refractivity contribution < 1.29 is 50.1 Å². The van der Waals surface area contributed by atoms with E-state index >= 15 is 0 Å². The van der Waals surface area contributed by atoms with Crippen molar-refractivity contribution in [1.29, 1.82) is 0 Å². The molecule has 0 heterocycles. The molecular weight excluding hydrogens is 712 g/mol. The summed E-state index contributed by atoms with van der Waals surface area (Å²) in [6, 6.07) is 3.17. The molecule has 0 aromatic heterocycles. The van der Waals surface area contributed by atoms with Crippen LogP contribution in [0.1, 0.15) is 220 Å². The highest BCUT2D eigenvalue weighted by Gasteiger charge is 2.20. The number of carboxylic acid groups (broad SMARTS) is 1. The lowest BCUT2D eigenvalue weighted by Gasteiger charge is -2.11. The average molecular weight is 789 g/mol. The second-order valence-corrected chi connectivity index (χ2v) is 15.4. The largest absolute Gasteiger partial charge is 0.504 e. The predicted octanol–water partition coefficient (Wildman–Crippen LogP) is 13.0. The summed E-state index contributed by atoms with van der Waals surface area (Å²) >= 11 is 0. The Morgan fingerprint density at radius 2 is 0.786 bits per heavy atom. The first-order valence-corrected chi connectivity index (χ1v) is 22.0. The molecule has 0 aliphatic heterocycles. The molecule has 2 aromatic rings. The summed E-state index contributed by atoms with van der Waals surface area (Å²) in [6.45, 7) is 4.82. The monoisotopic (exact) mass is 789 g/mol. The fourth-order valence-corrected chi connectivity index (χ4v) is 6.89. The van der Waals surface area contributed by atoms with E-state index in [1.165, 1.54) is 141 Å². The Kier molecular flexibility index (Phi) is 28.9. The molecule has 10 heteroatoms. The molecule has 0 bridgehead atoms. The van der Waals surface area contributed by atoms with Crippen LogP contribution >= 0.6 is 0 Å². The van der Waals surface area contributed by atoms with E-state index in [0.717, 1.165) is 56.7 Å². The lowest BCUT2D eigenvalue weighted by atomic mass is 9.98. The van der Waals surface area contributed by atoms with E-state index < -0.39 is 46.4 Å². The van der Waals surface area contributed by atoms with Gasteiger partial charge in [0.2, 0.25) is 5.75 Å². The summed E-state index contributed by atoms with van der Waals surface area (Å²) in [6.07, 6.45) is 35.4. The molecular formula is C46H76O10. The molecule has 56 heavy (non-hydrogen) atoms. The van der Waals surface area contributed by atoms with Gasteiger partial charge in [-0.15, -0.1) is 0 Å². The lowest BCUT2D eigenvalue weighted by Crippen LogP contribution is -2.06. The normalized spacial score (nSPS) is 11.0. The first kappa shape index (κ1) is 50.2. The van der Waals surface area contributed by atoms with Crippen molar-refractivity contribution in [2.75, 3.05) is 6.61 Å². The summed E-state index contributed by atoms with van der Waals surface area (Å²) in [5.41, 5.74) is 0.0717. The topological polar surface area (TPSA) is 185 Å². The van der Waals surface area contributed by atoms with E-state index in [-0.39, 0.29) is 16.7 Å². The molecule has 0 fully saturated rings. The molecule has 10 nitrogen and oxygen atoms in total. The van der Waals surface area contributed by atoms with Crippen LogP contribution in [0.15, 0.2) is 18.2 Å². The van der Waals surface area contributed by atoms with Crippen LogP contribution in [0.5, 0.6) is 34.5 Å². The number of carbonyl (C=O) groups excluding carboxylic acids is 1. The maximum Gasteiger partial charge on any atom is 0.338 e. The standard InChI is InChI=1S/2C23H38O5/c1-2-3-4-5-6-7-8-9-10-11-12-13-14-15-16-28-23(27)19-17-20(24)22(26)21(25)18-19;1-2-3-4-5-6-7-8-9-10-11-12-13-14-15-16-18-19(23(27)28)17-20(24)22(26)21(18)25/h17-18,24-26H,2-16H2,1H3;17,24-26H,2-16H2,1H3,(H,27,28). The second kappa shape index (κ2) is 32.3. The van der Waals surface area contributed by atoms with Crippen molar-refractivity contribution in [3.8, 4) is 34.5 Å². The predicted molar refractivity (Wildman–Crippen MR) is 224 cm³/mol. The van der Waals surface area contributed by atoms with E-state index in [2.05, 4.69) is 13.8 Å². The molecule has 0 atom stereocenters. The number of phenolic OH excluding ortho intramolecular Hbond substituents is 6. The number of aromatic hydroxyl groups is 6. The lowest BCUT2D eigenvalue weighted by molar-refractivity contribution is 0.0496. The second-order valence-electron chi connectivity index (χ2n) is 15.4. The van der Waals surface area contributed by atoms with Gasteiger partial charge in [0, 0.05) is 5.56 Å². The number of unbranched alkanes of at least 4 members (excludes halogenated alkanes) is 26. The molecule has 0 spiro atoms. The smallest absolute Gasteiger partial charge is 0.338 e. The third-order valence-corrected chi connectivity index (χ3v) is 10.4. The summed E-state index contributed by atoms with van der Waals surface area (Å²) in [7, 11) is 0. The number of aromatic carboxylic acids is 1. The molecule has 0 saturated heterocycles. The van der Waals surface area contributed by atoms with Gasteiger partial charge in [-0.3, -0.25) is 0 Å². The Hall–Kier alpha value is -3.82. The molecule has 2 rings (SSSR count). The van der Waals surface area contributed by atoms with Crippen LogP contribution in [0.3, 0.4) is 0 Å². The van der Waals surface area contributed by atoms with Crippen molar-refractivity contribution in [2.45, 2.75) is 200 Å². The van der Waals surface area contributed by atoms with Crippen LogP contribution in [0.2, 0.25) is 0 Å². The molecule has 320 valence electrons. The molecule has 2 aromatic carbocycles. The number of hydrogen-bond donors (Lipinski definition) is 7. The molecule has 0 aliphatic carbocycles. The van der Waals surface area contributed by atoms with Gasteiger partial charge < -0.3 is 40.5 Å². The quantitative estimate of drug-likeness (QED) is 0.0214. The zero-order valence-corrected chi connectivity index (χ0v) is 34.8. The SMILES string of the molecule is CCCCCCCCCCCCCCCCOC(=O)c1cc(O)c(O)c(O)c1.CCCCCCCCCCCCCCCCc1c(C(=O)O)cc(O)c(O)c1O. The van der Waals surface area contributed by atoms with Crippen LogP contribution in [-0.2, 0) is 11.2 Å². The van der Waals surface area contributed by atoms with Crippen LogP contribution in [0.25, 0.3) is 0 Å². The fourth-order valence-electron chi connectivity index (χ4n) is 6.89. The minimum atomic E-state index is -1.22. The molecule has 7 N–H and O–H groups in total. The number of carboxylic acids is 1. The summed E-state index contributed by atoms with van der Waals surface area (Å²) in [5, 5.41) is 66.4. The van der Waals surface area contributed by atoms with Gasteiger partial charge in [-0.05, 0) is 37.5 Å². The van der Waals surface area contributed by atoms with Gasteiger partial charge in [-0.2, -0.15) is 0 Å². The number of ether oxygens (including phenoxy) is 1. The van der Waals surface area contributed by atoms with E-state index in [1.807, 2.05) is 0 Å². The van der Waals surface area contributed by atoms with Gasteiger partial charge in [-0.1, -0.05) is 181 Å². The van der Waals surface area contributed by atoms with Gasteiger partial charge in [0.1, 0.15) is 0 Å². The van der Waals surface area contributed by atoms with Crippen molar-refractivity contribution in [3.63, 3.8) is 0 Å². The molecule has 0 saturated carbocycles. The van der Waals surface area contributed by atoms with Crippen LogP contribution < -0.4 is 0 Å². The Bertz CT molecular complexity index is 1320. The maximum atomic E-state index is 11.9. The van der Waals surface area contributed by atoms with Gasteiger partial charge in [0.05, 0.1) is 17.7 Å². The average Bonchev–Trinajstić information content (AvgIpc) is 3.18. The van der Waals surface area contributed by atoms with E-state index in [4.69, 9.17) is 4.74 Å². The highest BCUT2D eigenvalue weighted by atomic mass is 16.5. The van der Waals surface area contributed by atoms with Crippen LogP contribution in [0, 0.1) is 0 Å². The Morgan fingerprint density at radius 3 is 1.16 bits per heavy atom. The van der Waals surface area contributed by atoms with Crippen LogP contribution in [0.4, 0.5) is 0 Å². The Morgan fingerprint density at radius 1 is 0.446 bits per heavy atom. The van der Waals surface area contributed by atoms with Gasteiger partial charge in [0.15, 0.2) is 28.7 Å². The highest BCUT2D eigenvalue weighted by Crippen LogP contribution is 2.40. The van der Waals surface area contributed by atoms with Gasteiger partial charge >= 0.3 is 11.9 Å². The summed E-state index contributed by atoms with van der Waals surface area (Å²) in [5.74, 6) is -5.32. The van der Waals surface area contributed by atoms with Crippen LogP contribution in [-0.4, -0.2) is 54.3 Å². The number of benzene rings is 2. The van der Waals surface area contributed by atoms with Crippen molar-refractivity contribution in [2.24, 2.45) is 0 Å². The number of rotatable bonds is 32. The van der Waals surface area contributed by atoms with E-state index in [1.54, 1.807) is 0 Å². The Balaban J connectivity index is 0.000000560. The zero-order valence-electron chi connectivity index (χ0n) is 34.8. The van der Waals surface area contributed by atoms with Crippen molar-refractivity contribution in [3.05, 3.63) is 34.9 Å². The molecule has 0 unspecified atom stereocenters. The highest BCUT2D eigenvalue weighted by molar-refractivity contribution is 5.92.